The van der Waals surface area contributed by atoms with E-state index in [9.17, 15) is 21.6 Å². The molecule has 2 rings (SSSR count). The summed E-state index contributed by atoms with van der Waals surface area (Å²) in [5, 5.41) is 0. The standard InChI is InChI=1S/C17H27N3O5S2/c1-13-7-8-15(14(2)17(13)19(3)26(4,22)23)27(24,25)18-10-9-16(21)20-11-5-6-12-20/h7-8,18H,5-6,9-12H2,1-4H3. The van der Waals surface area contributed by atoms with Crippen molar-refractivity contribution in [3.63, 3.8) is 0 Å². The number of carbonyl (C=O) groups excluding carboxylic acids is 1. The Morgan fingerprint density at radius 3 is 2.30 bits per heavy atom. The fraction of sp³-hybridized carbons (Fsp3) is 0.588. The summed E-state index contributed by atoms with van der Waals surface area (Å²) in [5.41, 5.74) is 1.35. The predicted octanol–water partition coefficient (Wildman–Crippen LogP) is 0.990. The van der Waals surface area contributed by atoms with Crippen LogP contribution in [-0.4, -0.2) is 60.6 Å². The Labute approximate surface area is 161 Å². The minimum Gasteiger partial charge on any atom is -0.343 e. The summed E-state index contributed by atoms with van der Waals surface area (Å²) in [6.07, 6.45) is 3.13. The fourth-order valence-corrected chi connectivity index (χ4v) is 5.14. The van der Waals surface area contributed by atoms with Crippen LogP contribution in [-0.2, 0) is 24.8 Å². The summed E-state index contributed by atoms with van der Waals surface area (Å²) in [6, 6.07) is 3.03. The van der Waals surface area contributed by atoms with E-state index in [2.05, 4.69) is 4.72 Å². The molecule has 0 aromatic heterocycles. The smallest absolute Gasteiger partial charge is 0.240 e. The Bertz CT molecular complexity index is 920. The summed E-state index contributed by atoms with van der Waals surface area (Å²) in [4.78, 5) is 13.8. The van der Waals surface area contributed by atoms with E-state index in [4.69, 9.17) is 0 Å². The Hall–Kier alpha value is -1.65. The molecule has 152 valence electrons. The molecular formula is C17H27N3O5S2. The van der Waals surface area contributed by atoms with Crippen molar-refractivity contribution in [3.8, 4) is 0 Å². The Morgan fingerprint density at radius 1 is 1.15 bits per heavy atom. The Morgan fingerprint density at radius 2 is 1.74 bits per heavy atom. The van der Waals surface area contributed by atoms with Gasteiger partial charge in [-0.3, -0.25) is 9.10 Å². The van der Waals surface area contributed by atoms with Gasteiger partial charge in [-0.2, -0.15) is 0 Å². The molecule has 0 unspecified atom stereocenters. The van der Waals surface area contributed by atoms with Crippen LogP contribution in [0.4, 0.5) is 5.69 Å². The minimum atomic E-state index is -3.87. The average molecular weight is 418 g/mol. The number of hydrogen-bond acceptors (Lipinski definition) is 5. The third kappa shape index (κ3) is 4.99. The molecule has 0 saturated carbocycles. The monoisotopic (exact) mass is 417 g/mol. The highest BCUT2D eigenvalue weighted by Gasteiger charge is 2.24. The van der Waals surface area contributed by atoms with Gasteiger partial charge in [0.05, 0.1) is 16.8 Å². The van der Waals surface area contributed by atoms with Gasteiger partial charge >= 0.3 is 0 Å². The summed E-state index contributed by atoms with van der Waals surface area (Å²) in [5.74, 6) is -0.0617. The molecule has 0 aliphatic carbocycles. The number of nitrogens with zero attached hydrogens (tertiary/aromatic N) is 2. The van der Waals surface area contributed by atoms with Crippen LogP contribution < -0.4 is 9.03 Å². The lowest BCUT2D eigenvalue weighted by molar-refractivity contribution is -0.129. The lowest BCUT2D eigenvalue weighted by atomic mass is 10.1. The molecule has 8 nitrogen and oxygen atoms in total. The number of benzene rings is 1. The number of amides is 1. The van der Waals surface area contributed by atoms with Crippen molar-refractivity contribution < 1.29 is 21.6 Å². The summed E-state index contributed by atoms with van der Waals surface area (Å²) >= 11 is 0. The summed E-state index contributed by atoms with van der Waals surface area (Å²) < 4.78 is 52.7. The highest BCUT2D eigenvalue weighted by Crippen LogP contribution is 2.30. The normalized spacial score (nSPS) is 15.2. The largest absolute Gasteiger partial charge is 0.343 e. The first-order valence-corrected chi connectivity index (χ1v) is 12.1. The predicted molar refractivity (Wildman–Crippen MR) is 105 cm³/mol. The first-order valence-electron chi connectivity index (χ1n) is 8.76. The van der Waals surface area contributed by atoms with Gasteiger partial charge in [-0.05, 0) is 43.9 Å². The number of nitrogens with one attached hydrogen (secondary N) is 1. The molecule has 1 aliphatic heterocycles. The van der Waals surface area contributed by atoms with Crippen LogP contribution in [0.15, 0.2) is 17.0 Å². The van der Waals surface area contributed by atoms with Crippen molar-refractivity contribution in [1.29, 1.82) is 0 Å². The van der Waals surface area contributed by atoms with Gasteiger partial charge in [0.1, 0.15) is 0 Å². The van der Waals surface area contributed by atoms with Crippen LogP contribution >= 0.6 is 0 Å². The maximum atomic E-state index is 12.7. The van der Waals surface area contributed by atoms with Crippen LogP contribution in [0.2, 0.25) is 0 Å². The molecule has 27 heavy (non-hydrogen) atoms. The van der Waals surface area contributed by atoms with Gasteiger partial charge in [-0.1, -0.05) is 6.07 Å². The molecule has 0 spiro atoms. The second-order valence-electron chi connectivity index (χ2n) is 6.82. The summed E-state index contributed by atoms with van der Waals surface area (Å²) in [6.45, 7) is 4.76. The minimum absolute atomic E-state index is 0.00221. The molecule has 1 amide bonds. The molecule has 0 bridgehead atoms. The molecule has 0 radical (unpaired) electrons. The Kier molecular flexibility index (Phi) is 6.54. The number of aryl methyl sites for hydroxylation is 1. The van der Waals surface area contributed by atoms with E-state index in [1.54, 1.807) is 24.8 Å². The van der Waals surface area contributed by atoms with Crippen molar-refractivity contribution >= 4 is 31.6 Å². The lowest BCUT2D eigenvalue weighted by Gasteiger charge is -2.23. The third-order valence-electron chi connectivity index (χ3n) is 4.77. The number of likely N-dealkylation sites (tertiary alicyclic amines) is 1. The number of anilines is 1. The van der Waals surface area contributed by atoms with Crippen LogP contribution in [0.5, 0.6) is 0 Å². The molecule has 1 saturated heterocycles. The summed E-state index contributed by atoms with van der Waals surface area (Å²) in [7, 11) is -6.01. The van der Waals surface area contributed by atoms with Crippen molar-refractivity contribution in [2.45, 2.75) is 38.0 Å². The molecule has 1 fully saturated rings. The zero-order valence-electron chi connectivity index (χ0n) is 16.1. The number of rotatable bonds is 7. The molecule has 1 aliphatic rings. The van der Waals surface area contributed by atoms with Gasteiger partial charge in [-0.15, -0.1) is 0 Å². The topological polar surface area (TPSA) is 104 Å². The highest BCUT2D eigenvalue weighted by molar-refractivity contribution is 7.92. The molecule has 1 heterocycles. The van der Waals surface area contributed by atoms with E-state index < -0.39 is 20.0 Å². The van der Waals surface area contributed by atoms with Gasteiger partial charge in [0.25, 0.3) is 0 Å². The maximum absolute atomic E-state index is 12.7. The van der Waals surface area contributed by atoms with E-state index in [1.807, 2.05) is 0 Å². The zero-order chi connectivity index (χ0) is 20.4. The van der Waals surface area contributed by atoms with E-state index >= 15 is 0 Å². The number of carbonyl (C=O) groups is 1. The van der Waals surface area contributed by atoms with Crippen LogP contribution in [0, 0.1) is 13.8 Å². The number of sulfonamides is 2. The van der Waals surface area contributed by atoms with Crippen molar-refractivity contribution in [3.05, 3.63) is 23.3 Å². The Balaban J connectivity index is 2.19. The van der Waals surface area contributed by atoms with Crippen molar-refractivity contribution in [2.24, 2.45) is 0 Å². The highest BCUT2D eigenvalue weighted by atomic mass is 32.2. The maximum Gasteiger partial charge on any atom is 0.240 e. The van der Waals surface area contributed by atoms with E-state index in [-0.39, 0.29) is 23.8 Å². The number of hydrogen-bond donors (Lipinski definition) is 1. The van der Waals surface area contributed by atoms with Gasteiger partial charge in [0.15, 0.2) is 0 Å². The molecule has 0 atom stereocenters. The first-order chi connectivity index (χ1) is 12.4. The fourth-order valence-electron chi connectivity index (χ4n) is 3.25. The second-order valence-corrected chi connectivity index (χ2v) is 10.6. The molecular weight excluding hydrogens is 390 g/mol. The van der Waals surface area contributed by atoms with Crippen molar-refractivity contribution in [2.75, 3.05) is 37.2 Å². The van der Waals surface area contributed by atoms with Gasteiger partial charge in [0.2, 0.25) is 26.0 Å². The van der Waals surface area contributed by atoms with Gasteiger partial charge in [-0.25, -0.2) is 21.6 Å². The molecule has 10 heteroatoms. The third-order valence-corrected chi connectivity index (χ3v) is 7.56. The molecule has 1 N–H and O–H groups in total. The van der Waals surface area contributed by atoms with E-state index in [1.165, 1.54) is 13.1 Å². The lowest BCUT2D eigenvalue weighted by Crippen LogP contribution is -2.33. The quantitative estimate of drug-likeness (QED) is 0.712. The molecule has 1 aromatic carbocycles. The molecule has 1 aromatic rings. The van der Waals surface area contributed by atoms with Crippen LogP contribution in [0.25, 0.3) is 0 Å². The van der Waals surface area contributed by atoms with Gasteiger partial charge in [0, 0.05) is 33.1 Å². The van der Waals surface area contributed by atoms with Crippen LogP contribution in [0.1, 0.15) is 30.4 Å². The first kappa shape index (κ1) is 21.6. The van der Waals surface area contributed by atoms with Gasteiger partial charge < -0.3 is 4.90 Å². The van der Waals surface area contributed by atoms with E-state index in [0.717, 1.165) is 36.5 Å². The second kappa shape index (κ2) is 8.15. The zero-order valence-corrected chi connectivity index (χ0v) is 17.8. The average Bonchev–Trinajstić information content (AvgIpc) is 3.07. The van der Waals surface area contributed by atoms with Crippen LogP contribution in [0.3, 0.4) is 0 Å². The van der Waals surface area contributed by atoms with E-state index in [0.29, 0.717) is 16.8 Å². The SMILES string of the molecule is Cc1ccc(S(=O)(=O)NCCC(=O)N2CCCC2)c(C)c1N(C)S(C)(=O)=O. The van der Waals surface area contributed by atoms with Crippen molar-refractivity contribution in [1.82, 2.24) is 9.62 Å².